The van der Waals surface area contributed by atoms with Crippen molar-refractivity contribution in [2.45, 2.75) is 18.2 Å². The predicted octanol–water partition coefficient (Wildman–Crippen LogP) is 0.493. The number of nitrogens with one attached hydrogen (secondary N) is 1. The number of nitrogen functional groups attached to an aromatic ring is 1. The van der Waals surface area contributed by atoms with Crippen molar-refractivity contribution < 1.29 is 8.42 Å². The van der Waals surface area contributed by atoms with Gasteiger partial charge in [0.15, 0.2) is 0 Å². The van der Waals surface area contributed by atoms with Crippen LogP contribution in [0.4, 0.5) is 5.69 Å². The molecule has 3 N–H and O–H groups in total. The standard InChI is InChI=1S/C15H26N4O2S/c1-13-12-14(4-5-15(13)16)22(20,21)17-6-3-7-19-10-8-18(2)9-11-19/h4-5,12,17H,3,6-11,16H2,1-2H3. The van der Waals surface area contributed by atoms with Crippen LogP contribution in [0.2, 0.25) is 0 Å². The van der Waals surface area contributed by atoms with Crippen molar-refractivity contribution in [2.75, 3.05) is 52.0 Å². The van der Waals surface area contributed by atoms with Crippen LogP contribution >= 0.6 is 0 Å². The van der Waals surface area contributed by atoms with E-state index in [1.807, 2.05) is 6.92 Å². The van der Waals surface area contributed by atoms with Gasteiger partial charge in [-0.25, -0.2) is 13.1 Å². The maximum absolute atomic E-state index is 12.2. The lowest BCUT2D eigenvalue weighted by molar-refractivity contribution is 0.153. The van der Waals surface area contributed by atoms with Gasteiger partial charge in [0.05, 0.1) is 4.90 Å². The molecule has 1 aliphatic rings. The molecule has 1 aliphatic heterocycles. The van der Waals surface area contributed by atoms with Gasteiger partial charge in [-0.2, -0.15) is 0 Å². The molecule has 0 aliphatic carbocycles. The largest absolute Gasteiger partial charge is 0.399 e. The van der Waals surface area contributed by atoms with Gasteiger partial charge in [-0.05, 0) is 50.7 Å². The average Bonchev–Trinajstić information content (AvgIpc) is 2.48. The third-order valence-electron chi connectivity index (χ3n) is 4.09. The molecule has 22 heavy (non-hydrogen) atoms. The zero-order valence-electron chi connectivity index (χ0n) is 13.4. The van der Waals surface area contributed by atoms with Crippen molar-refractivity contribution in [1.82, 2.24) is 14.5 Å². The third-order valence-corrected chi connectivity index (χ3v) is 5.55. The quantitative estimate of drug-likeness (QED) is 0.588. The number of nitrogens with zero attached hydrogens (tertiary/aromatic N) is 2. The zero-order chi connectivity index (χ0) is 16.2. The van der Waals surface area contributed by atoms with Crippen molar-refractivity contribution in [3.8, 4) is 0 Å². The number of rotatable bonds is 6. The van der Waals surface area contributed by atoms with E-state index in [1.54, 1.807) is 18.2 Å². The SMILES string of the molecule is Cc1cc(S(=O)(=O)NCCCN2CCN(C)CC2)ccc1N. The first-order valence-electron chi connectivity index (χ1n) is 7.65. The maximum atomic E-state index is 12.2. The Morgan fingerprint density at radius 3 is 2.55 bits per heavy atom. The smallest absolute Gasteiger partial charge is 0.240 e. The molecular weight excluding hydrogens is 300 g/mol. The third kappa shape index (κ3) is 4.67. The molecule has 0 unspecified atom stereocenters. The molecule has 1 saturated heterocycles. The minimum absolute atomic E-state index is 0.277. The minimum Gasteiger partial charge on any atom is -0.399 e. The number of anilines is 1. The van der Waals surface area contributed by atoms with E-state index in [2.05, 4.69) is 21.6 Å². The molecule has 0 saturated carbocycles. The summed E-state index contributed by atoms with van der Waals surface area (Å²) < 4.78 is 27.1. The summed E-state index contributed by atoms with van der Waals surface area (Å²) in [5.74, 6) is 0. The van der Waals surface area contributed by atoms with Crippen molar-refractivity contribution in [2.24, 2.45) is 0 Å². The van der Waals surface area contributed by atoms with Crippen molar-refractivity contribution in [3.63, 3.8) is 0 Å². The molecule has 0 radical (unpaired) electrons. The van der Waals surface area contributed by atoms with Crippen LogP contribution in [0.15, 0.2) is 23.1 Å². The van der Waals surface area contributed by atoms with Crippen LogP contribution < -0.4 is 10.5 Å². The fourth-order valence-electron chi connectivity index (χ4n) is 2.48. The summed E-state index contributed by atoms with van der Waals surface area (Å²) in [6.07, 6.45) is 0.816. The number of hydrogen-bond acceptors (Lipinski definition) is 5. The number of likely N-dealkylation sites (N-methyl/N-ethyl adjacent to an activating group) is 1. The van der Waals surface area contributed by atoms with Crippen LogP contribution in [-0.2, 0) is 10.0 Å². The van der Waals surface area contributed by atoms with Crippen LogP contribution in [0.3, 0.4) is 0 Å². The van der Waals surface area contributed by atoms with Crippen LogP contribution in [0, 0.1) is 6.92 Å². The van der Waals surface area contributed by atoms with Gasteiger partial charge in [-0.1, -0.05) is 0 Å². The Kier molecular flexibility index (Phi) is 5.80. The van der Waals surface area contributed by atoms with Crippen LogP contribution in [0.25, 0.3) is 0 Å². The normalized spacial score (nSPS) is 17.7. The van der Waals surface area contributed by atoms with Gasteiger partial charge in [0.2, 0.25) is 10.0 Å². The highest BCUT2D eigenvalue weighted by molar-refractivity contribution is 7.89. The van der Waals surface area contributed by atoms with Crippen molar-refractivity contribution >= 4 is 15.7 Å². The fourth-order valence-corrected chi connectivity index (χ4v) is 3.64. The number of piperazine rings is 1. The number of aryl methyl sites for hydroxylation is 1. The molecular formula is C15H26N4O2S. The predicted molar refractivity (Wildman–Crippen MR) is 89.3 cm³/mol. The van der Waals surface area contributed by atoms with E-state index in [9.17, 15) is 8.42 Å². The highest BCUT2D eigenvalue weighted by Gasteiger charge is 2.16. The van der Waals surface area contributed by atoms with Gasteiger partial charge < -0.3 is 15.5 Å². The summed E-state index contributed by atoms with van der Waals surface area (Å²) >= 11 is 0. The first kappa shape index (κ1) is 17.2. The van der Waals surface area contributed by atoms with E-state index in [4.69, 9.17) is 5.73 Å². The summed E-state index contributed by atoms with van der Waals surface area (Å²) in [4.78, 5) is 4.96. The first-order chi connectivity index (χ1) is 10.4. The second-order valence-electron chi connectivity index (χ2n) is 5.91. The van der Waals surface area contributed by atoms with Gasteiger partial charge in [-0.3, -0.25) is 0 Å². The molecule has 124 valence electrons. The van der Waals surface area contributed by atoms with Crippen molar-refractivity contribution in [1.29, 1.82) is 0 Å². The fraction of sp³-hybridized carbons (Fsp3) is 0.600. The summed E-state index contributed by atoms with van der Waals surface area (Å²) in [5.41, 5.74) is 7.11. The molecule has 6 nitrogen and oxygen atoms in total. The molecule has 1 aromatic rings. The molecule has 0 bridgehead atoms. The summed E-state index contributed by atoms with van der Waals surface area (Å²) in [5, 5.41) is 0. The zero-order valence-corrected chi connectivity index (χ0v) is 14.2. The monoisotopic (exact) mass is 326 g/mol. The molecule has 7 heteroatoms. The van der Waals surface area contributed by atoms with E-state index >= 15 is 0 Å². The average molecular weight is 326 g/mol. The lowest BCUT2D eigenvalue weighted by Gasteiger charge is -2.32. The Morgan fingerprint density at radius 2 is 1.91 bits per heavy atom. The topological polar surface area (TPSA) is 78.7 Å². The molecule has 0 spiro atoms. The first-order valence-corrected chi connectivity index (χ1v) is 9.13. The molecule has 0 atom stereocenters. The van der Waals surface area contributed by atoms with Gasteiger partial charge in [0.25, 0.3) is 0 Å². The molecule has 1 aromatic carbocycles. The van der Waals surface area contributed by atoms with Crippen LogP contribution in [0.1, 0.15) is 12.0 Å². The summed E-state index contributed by atoms with van der Waals surface area (Å²) in [6, 6.07) is 4.79. The second-order valence-corrected chi connectivity index (χ2v) is 7.68. The van der Waals surface area contributed by atoms with Crippen LogP contribution in [-0.4, -0.2) is 64.5 Å². The van der Waals surface area contributed by atoms with Gasteiger partial charge in [0.1, 0.15) is 0 Å². The number of benzene rings is 1. The lowest BCUT2D eigenvalue weighted by atomic mass is 10.2. The van der Waals surface area contributed by atoms with Crippen molar-refractivity contribution in [3.05, 3.63) is 23.8 Å². The van der Waals surface area contributed by atoms with Crippen LogP contribution in [0.5, 0.6) is 0 Å². The van der Waals surface area contributed by atoms with Gasteiger partial charge >= 0.3 is 0 Å². The minimum atomic E-state index is -3.44. The molecule has 0 aromatic heterocycles. The number of hydrogen-bond donors (Lipinski definition) is 2. The Morgan fingerprint density at radius 1 is 1.23 bits per heavy atom. The Hall–Kier alpha value is -1.15. The lowest BCUT2D eigenvalue weighted by Crippen LogP contribution is -2.45. The highest BCUT2D eigenvalue weighted by Crippen LogP contribution is 2.16. The van der Waals surface area contributed by atoms with E-state index < -0.39 is 10.0 Å². The molecule has 1 heterocycles. The number of sulfonamides is 1. The van der Waals surface area contributed by atoms with E-state index in [-0.39, 0.29) is 4.90 Å². The number of nitrogens with two attached hydrogens (primary N) is 1. The Balaban J connectivity index is 1.79. The second kappa shape index (κ2) is 7.41. The Bertz CT molecular complexity index is 596. The summed E-state index contributed by atoms with van der Waals surface area (Å²) in [6.45, 7) is 7.46. The molecule has 2 rings (SSSR count). The van der Waals surface area contributed by atoms with E-state index in [1.165, 1.54) is 0 Å². The molecule has 1 fully saturated rings. The van der Waals surface area contributed by atoms with Gasteiger partial charge in [-0.15, -0.1) is 0 Å². The maximum Gasteiger partial charge on any atom is 0.240 e. The van der Waals surface area contributed by atoms with E-state index in [0.29, 0.717) is 12.2 Å². The highest BCUT2D eigenvalue weighted by atomic mass is 32.2. The Labute approximate surface area is 133 Å². The summed E-state index contributed by atoms with van der Waals surface area (Å²) in [7, 11) is -1.32. The molecule has 0 amide bonds. The van der Waals surface area contributed by atoms with Gasteiger partial charge in [0, 0.05) is 38.4 Å². The van der Waals surface area contributed by atoms with E-state index in [0.717, 1.165) is 44.7 Å².